The number of piperidine rings is 1. The Bertz CT molecular complexity index is 544. The number of hydrogen-bond donors (Lipinski definition) is 1. The first-order valence-corrected chi connectivity index (χ1v) is 7.29. The van der Waals surface area contributed by atoms with Crippen molar-refractivity contribution in [2.75, 3.05) is 26.2 Å². The normalized spacial score (nSPS) is 22.9. The highest BCUT2D eigenvalue weighted by Crippen LogP contribution is 2.21. The Balaban J connectivity index is 1.58. The summed E-state index contributed by atoms with van der Waals surface area (Å²) in [5, 5.41) is 16.0. The molecule has 0 bridgehead atoms. The van der Waals surface area contributed by atoms with E-state index in [1.165, 1.54) is 23.7 Å². The fourth-order valence-electron chi connectivity index (χ4n) is 3.09. The molecule has 1 aromatic heterocycles. The van der Waals surface area contributed by atoms with Gasteiger partial charge < -0.3 is 10.0 Å². The predicted molar refractivity (Wildman–Crippen MR) is 72.8 cm³/mol. The summed E-state index contributed by atoms with van der Waals surface area (Å²) in [7, 11) is 0. The van der Waals surface area contributed by atoms with Crippen LogP contribution in [0, 0.1) is 0 Å². The Morgan fingerprint density at radius 2 is 2.14 bits per heavy atom. The molecule has 3 heterocycles. The number of piperazine rings is 1. The molecule has 2 aliphatic rings. The Kier molecular flexibility index (Phi) is 3.87. The quantitative estimate of drug-likeness (QED) is 0.820. The van der Waals surface area contributed by atoms with E-state index in [0.29, 0.717) is 6.04 Å². The van der Waals surface area contributed by atoms with Crippen molar-refractivity contribution in [2.45, 2.75) is 31.8 Å². The van der Waals surface area contributed by atoms with Gasteiger partial charge in [-0.05, 0) is 19.4 Å². The lowest BCUT2D eigenvalue weighted by atomic mass is 9.99. The smallest absolute Gasteiger partial charge is 0.358 e. The molecule has 21 heavy (non-hydrogen) atoms. The van der Waals surface area contributed by atoms with Gasteiger partial charge in [0.2, 0.25) is 5.91 Å². The maximum absolute atomic E-state index is 12.3. The van der Waals surface area contributed by atoms with E-state index >= 15 is 0 Å². The van der Waals surface area contributed by atoms with Crippen molar-refractivity contribution in [1.29, 1.82) is 0 Å². The molecule has 2 fully saturated rings. The van der Waals surface area contributed by atoms with Gasteiger partial charge in [-0.25, -0.2) is 9.48 Å². The summed E-state index contributed by atoms with van der Waals surface area (Å²) >= 11 is 0. The van der Waals surface area contributed by atoms with E-state index in [9.17, 15) is 9.59 Å². The van der Waals surface area contributed by atoms with Crippen LogP contribution in [0.25, 0.3) is 0 Å². The third-order valence-corrected chi connectivity index (χ3v) is 4.25. The number of hydrogen-bond acceptors (Lipinski definition) is 5. The number of fused-ring (bicyclic) bond motifs is 1. The van der Waals surface area contributed by atoms with Crippen LogP contribution in [0.1, 0.15) is 29.8 Å². The molecule has 3 rings (SSSR count). The minimum atomic E-state index is -1.13. The summed E-state index contributed by atoms with van der Waals surface area (Å²) in [5.41, 5.74) is -0.139. The molecule has 8 nitrogen and oxygen atoms in total. The average Bonchev–Trinajstić information content (AvgIpc) is 2.95. The fraction of sp³-hybridized carbons (Fsp3) is 0.692. The van der Waals surface area contributed by atoms with E-state index in [1.54, 1.807) is 0 Å². The van der Waals surface area contributed by atoms with Crippen molar-refractivity contribution < 1.29 is 14.7 Å². The van der Waals surface area contributed by atoms with Gasteiger partial charge in [-0.1, -0.05) is 11.6 Å². The maximum Gasteiger partial charge on any atom is 0.358 e. The van der Waals surface area contributed by atoms with Gasteiger partial charge in [-0.15, -0.1) is 5.10 Å². The molecule has 2 aliphatic heterocycles. The molecule has 0 spiro atoms. The number of carboxylic acids is 1. The monoisotopic (exact) mass is 293 g/mol. The highest BCUT2D eigenvalue weighted by molar-refractivity contribution is 5.84. The molecule has 1 amide bonds. The lowest BCUT2D eigenvalue weighted by molar-refractivity contribution is -0.135. The lowest BCUT2D eigenvalue weighted by Crippen LogP contribution is -2.56. The molecule has 1 unspecified atom stereocenters. The van der Waals surface area contributed by atoms with Gasteiger partial charge in [-0.3, -0.25) is 9.69 Å². The van der Waals surface area contributed by atoms with Gasteiger partial charge in [0.1, 0.15) is 6.54 Å². The molecule has 0 aromatic carbocycles. The Labute approximate surface area is 122 Å². The number of carbonyl (C=O) groups excluding carboxylic acids is 1. The van der Waals surface area contributed by atoms with E-state index in [4.69, 9.17) is 5.11 Å². The molecular formula is C13H19N5O3. The van der Waals surface area contributed by atoms with Crippen molar-refractivity contribution in [1.82, 2.24) is 24.8 Å². The second-order valence-corrected chi connectivity index (χ2v) is 5.63. The van der Waals surface area contributed by atoms with Gasteiger partial charge in [0, 0.05) is 25.7 Å². The zero-order chi connectivity index (χ0) is 14.8. The van der Waals surface area contributed by atoms with Crippen LogP contribution < -0.4 is 0 Å². The van der Waals surface area contributed by atoms with Gasteiger partial charge in [-0.2, -0.15) is 0 Å². The van der Waals surface area contributed by atoms with Crippen LogP contribution >= 0.6 is 0 Å². The molecule has 0 saturated carbocycles. The lowest BCUT2D eigenvalue weighted by Gasteiger charge is -2.44. The van der Waals surface area contributed by atoms with Crippen LogP contribution in [-0.2, 0) is 11.3 Å². The molecule has 2 saturated heterocycles. The summed E-state index contributed by atoms with van der Waals surface area (Å²) in [6.07, 6.45) is 4.92. The van der Waals surface area contributed by atoms with Crippen molar-refractivity contribution in [3.8, 4) is 0 Å². The molecule has 1 aromatic rings. The van der Waals surface area contributed by atoms with Crippen LogP contribution in [0.15, 0.2) is 6.20 Å². The first-order chi connectivity index (χ1) is 10.1. The van der Waals surface area contributed by atoms with Crippen LogP contribution in [0.4, 0.5) is 0 Å². The van der Waals surface area contributed by atoms with Crippen molar-refractivity contribution in [2.24, 2.45) is 0 Å². The van der Waals surface area contributed by atoms with Crippen LogP contribution in [0.2, 0.25) is 0 Å². The van der Waals surface area contributed by atoms with Crippen LogP contribution in [0.5, 0.6) is 0 Å². The minimum absolute atomic E-state index is 0.0259. The SMILES string of the molecule is O=C(O)c1cn(CC(=O)N2CCN3CCCCC3C2)nn1. The number of carbonyl (C=O) groups is 2. The third kappa shape index (κ3) is 3.05. The van der Waals surface area contributed by atoms with Gasteiger partial charge in [0.25, 0.3) is 0 Å². The molecule has 8 heteroatoms. The average molecular weight is 293 g/mol. The second kappa shape index (κ2) is 5.80. The Morgan fingerprint density at radius 1 is 1.29 bits per heavy atom. The standard InChI is InChI=1S/C13H19N5O3/c19-12(9-18-8-11(13(20)21)14-15-18)17-6-5-16-4-2-1-3-10(16)7-17/h8,10H,1-7,9H2,(H,20,21). The van der Waals surface area contributed by atoms with Crippen LogP contribution in [-0.4, -0.2) is 74.0 Å². The first-order valence-electron chi connectivity index (χ1n) is 7.29. The predicted octanol–water partition coefficient (Wildman–Crippen LogP) is -0.327. The zero-order valence-electron chi connectivity index (χ0n) is 11.8. The largest absolute Gasteiger partial charge is 0.476 e. The Morgan fingerprint density at radius 3 is 2.90 bits per heavy atom. The molecule has 1 atom stereocenters. The third-order valence-electron chi connectivity index (χ3n) is 4.25. The van der Waals surface area contributed by atoms with Crippen LogP contribution in [0.3, 0.4) is 0 Å². The van der Waals surface area contributed by atoms with Gasteiger partial charge >= 0.3 is 5.97 Å². The van der Waals surface area contributed by atoms with Gasteiger partial charge in [0.05, 0.1) is 6.20 Å². The number of rotatable bonds is 3. The minimum Gasteiger partial charge on any atom is -0.476 e. The van der Waals surface area contributed by atoms with Crippen molar-refractivity contribution >= 4 is 11.9 Å². The summed E-state index contributed by atoms with van der Waals surface area (Å²) in [5.74, 6) is -1.16. The molecule has 0 aliphatic carbocycles. The number of nitrogens with zero attached hydrogens (tertiary/aromatic N) is 5. The van der Waals surface area contributed by atoms with E-state index in [2.05, 4.69) is 15.2 Å². The number of aromatic nitrogens is 3. The number of carboxylic acid groups (broad SMARTS) is 1. The molecule has 1 N–H and O–H groups in total. The molecule has 114 valence electrons. The highest BCUT2D eigenvalue weighted by Gasteiger charge is 2.31. The van der Waals surface area contributed by atoms with E-state index in [0.717, 1.165) is 32.6 Å². The highest BCUT2D eigenvalue weighted by atomic mass is 16.4. The summed E-state index contributed by atoms with van der Waals surface area (Å²) in [4.78, 5) is 27.4. The summed E-state index contributed by atoms with van der Waals surface area (Å²) in [6.45, 7) is 3.61. The number of amides is 1. The number of aromatic carboxylic acids is 1. The zero-order valence-corrected chi connectivity index (χ0v) is 11.8. The van der Waals surface area contributed by atoms with E-state index < -0.39 is 5.97 Å². The van der Waals surface area contributed by atoms with E-state index in [-0.39, 0.29) is 18.1 Å². The second-order valence-electron chi connectivity index (χ2n) is 5.63. The maximum atomic E-state index is 12.3. The summed E-state index contributed by atoms with van der Waals surface area (Å²) in [6, 6.07) is 0.474. The fourth-order valence-corrected chi connectivity index (χ4v) is 3.09. The Hall–Kier alpha value is -1.96. The van der Waals surface area contributed by atoms with Crippen molar-refractivity contribution in [3.63, 3.8) is 0 Å². The molecule has 0 radical (unpaired) electrons. The van der Waals surface area contributed by atoms with Crippen molar-refractivity contribution in [3.05, 3.63) is 11.9 Å². The first kappa shape index (κ1) is 14.0. The van der Waals surface area contributed by atoms with Gasteiger partial charge in [0.15, 0.2) is 5.69 Å². The molecular weight excluding hydrogens is 274 g/mol. The van der Waals surface area contributed by atoms with E-state index in [1.807, 2.05) is 4.90 Å². The summed E-state index contributed by atoms with van der Waals surface area (Å²) < 4.78 is 1.29. The topological polar surface area (TPSA) is 91.6 Å².